The van der Waals surface area contributed by atoms with Crippen LogP contribution in [0.3, 0.4) is 0 Å². The van der Waals surface area contributed by atoms with Crippen molar-refractivity contribution >= 4 is 39.1 Å². The first kappa shape index (κ1) is 30.2. The Morgan fingerprint density at radius 3 is 2.18 bits per heavy atom. The Labute approximate surface area is 236 Å². The fourth-order valence-electron chi connectivity index (χ4n) is 4.44. The fraction of sp³-hybridized carbons (Fsp3) is 0.333. The van der Waals surface area contributed by atoms with Gasteiger partial charge in [0.15, 0.2) is 0 Å². The summed E-state index contributed by atoms with van der Waals surface area (Å²) in [4.78, 5) is 29.1. The number of aryl methyl sites for hydroxylation is 2. The Morgan fingerprint density at radius 1 is 0.923 bits per heavy atom. The Morgan fingerprint density at radius 2 is 1.59 bits per heavy atom. The number of carbonyl (C=O) groups excluding carboxylic acids is 2. The van der Waals surface area contributed by atoms with Crippen LogP contribution in [0.1, 0.15) is 36.1 Å². The molecule has 0 aliphatic carbocycles. The number of carbonyl (C=O) groups is 2. The second kappa shape index (κ2) is 13.1. The molecule has 7 nitrogen and oxygen atoms in total. The van der Waals surface area contributed by atoms with E-state index in [0.29, 0.717) is 16.3 Å². The van der Waals surface area contributed by atoms with Gasteiger partial charge in [-0.15, -0.1) is 0 Å². The molecule has 3 rings (SSSR count). The van der Waals surface area contributed by atoms with Gasteiger partial charge in [-0.3, -0.25) is 13.9 Å². The van der Waals surface area contributed by atoms with Crippen LogP contribution in [0.4, 0.5) is 5.69 Å². The Balaban J connectivity index is 2.07. The van der Waals surface area contributed by atoms with Crippen molar-refractivity contribution in [2.24, 2.45) is 0 Å². The van der Waals surface area contributed by atoms with Crippen molar-refractivity contribution in [2.75, 3.05) is 17.1 Å². The van der Waals surface area contributed by atoms with Crippen LogP contribution in [0.5, 0.6) is 0 Å². The van der Waals surface area contributed by atoms with Gasteiger partial charge >= 0.3 is 0 Å². The van der Waals surface area contributed by atoms with E-state index in [0.717, 1.165) is 27.3 Å². The topological polar surface area (TPSA) is 86.8 Å². The van der Waals surface area contributed by atoms with E-state index < -0.39 is 28.5 Å². The number of hydrogen-bond donors (Lipinski definition) is 1. The van der Waals surface area contributed by atoms with E-state index in [1.807, 2.05) is 75.4 Å². The summed E-state index contributed by atoms with van der Waals surface area (Å²) >= 11 is 6.10. The molecule has 0 heterocycles. The van der Waals surface area contributed by atoms with Crippen molar-refractivity contribution in [3.8, 4) is 0 Å². The number of nitrogens with one attached hydrogen (secondary N) is 1. The highest BCUT2D eigenvalue weighted by Crippen LogP contribution is 2.26. The summed E-state index contributed by atoms with van der Waals surface area (Å²) < 4.78 is 26.9. The molecule has 39 heavy (non-hydrogen) atoms. The highest BCUT2D eigenvalue weighted by Gasteiger charge is 2.33. The molecule has 208 valence electrons. The Kier molecular flexibility index (Phi) is 10.2. The number of sulfonamides is 1. The van der Waals surface area contributed by atoms with Gasteiger partial charge in [-0.1, -0.05) is 71.8 Å². The normalized spacial score (nSPS) is 12.2. The van der Waals surface area contributed by atoms with Gasteiger partial charge in [-0.2, -0.15) is 0 Å². The third-order valence-corrected chi connectivity index (χ3v) is 7.61. The van der Waals surface area contributed by atoms with Crippen molar-refractivity contribution in [3.05, 3.63) is 100 Å². The predicted molar refractivity (Wildman–Crippen MR) is 157 cm³/mol. The van der Waals surface area contributed by atoms with Gasteiger partial charge in [-0.05, 0) is 62.6 Å². The first-order chi connectivity index (χ1) is 18.3. The standard InChI is InChI=1S/C30H36ClN3O4S/c1-21(2)32-30(36)28(18-24-11-7-6-8-12-24)33(19-25-13-9-10-22(3)16-25)29(35)20-34(39(5,37)38)27-15-14-26(31)17-23(27)4/h6-17,21,28H,18-20H2,1-5H3,(H,32,36). The van der Waals surface area contributed by atoms with Crippen LogP contribution in [0.2, 0.25) is 5.02 Å². The Hall–Kier alpha value is -3.36. The highest BCUT2D eigenvalue weighted by molar-refractivity contribution is 7.92. The molecule has 0 fully saturated rings. The monoisotopic (exact) mass is 569 g/mol. The van der Waals surface area contributed by atoms with E-state index in [4.69, 9.17) is 11.6 Å². The molecule has 0 bridgehead atoms. The lowest BCUT2D eigenvalue weighted by molar-refractivity contribution is -0.140. The summed E-state index contributed by atoms with van der Waals surface area (Å²) in [6.45, 7) is 7.09. The van der Waals surface area contributed by atoms with Crippen LogP contribution < -0.4 is 9.62 Å². The van der Waals surface area contributed by atoms with Gasteiger partial charge in [0.1, 0.15) is 12.6 Å². The van der Waals surface area contributed by atoms with E-state index in [2.05, 4.69) is 5.32 Å². The average Bonchev–Trinajstić information content (AvgIpc) is 2.84. The summed E-state index contributed by atoms with van der Waals surface area (Å²) in [7, 11) is -3.84. The summed E-state index contributed by atoms with van der Waals surface area (Å²) in [5.74, 6) is -0.792. The fourth-order valence-corrected chi connectivity index (χ4v) is 5.57. The third kappa shape index (κ3) is 8.57. The SMILES string of the molecule is Cc1cccc(CN(C(=O)CN(c2ccc(Cl)cc2C)S(C)(=O)=O)C(Cc2ccccc2)C(=O)NC(C)C)c1. The van der Waals surface area contributed by atoms with E-state index >= 15 is 0 Å². The first-order valence-electron chi connectivity index (χ1n) is 12.8. The van der Waals surface area contributed by atoms with Crippen LogP contribution in [0.25, 0.3) is 0 Å². The molecule has 0 aliphatic heterocycles. The molecule has 0 saturated carbocycles. The molecule has 1 unspecified atom stereocenters. The quantitative estimate of drug-likeness (QED) is 0.356. The number of benzene rings is 3. The molecule has 0 spiro atoms. The maximum atomic E-state index is 14.1. The summed E-state index contributed by atoms with van der Waals surface area (Å²) in [6, 6.07) is 21.0. The van der Waals surface area contributed by atoms with E-state index in [9.17, 15) is 18.0 Å². The van der Waals surface area contributed by atoms with Crippen molar-refractivity contribution < 1.29 is 18.0 Å². The molecule has 0 radical (unpaired) electrons. The van der Waals surface area contributed by atoms with Gasteiger partial charge in [0.25, 0.3) is 0 Å². The van der Waals surface area contributed by atoms with Gasteiger partial charge in [-0.25, -0.2) is 8.42 Å². The predicted octanol–water partition coefficient (Wildman–Crippen LogP) is 4.89. The van der Waals surface area contributed by atoms with Gasteiger partial charge in [0.05, 0.1) is 11.9 Å². The van der Waals surface area contributed by atoms with Crippen LogP contribution in [0.15, 0.2) is 72.8 Å². The van der Waals surface area contributed by atoms with Gasteiger partial charge in [0.2, 0.25) is 21.8 Å². The zero-order valence-corrected chi connectivity index (χ0v) is 24.6. The summed E-state index contributed by atoms with van der Waals surface area (Å²) in [6.07, 6.45) is 1.34. The average molecular weight is 570 g/mol. The van der Waals surface area contributed by atoms with Crippen molar-refractivity contribution in [1.29, 1.82) is 0 Å². The van der Waals surface area contributed by atoms with Crippen molar-refractivity contribution in [3.63, 3.8) is 0 Å². The second-order valence-corrected chi connectivity index (χ2v) is 12.4. The largest absolute Gasteiger partial charge is 0.352 e. The smallest absolute Gasteiger partial charge is 0.244 e. The molecule has 3 aromatic rings. The van der Waals surface area contributed by atoms with Crippen LogP contribution in [-0.4, -0.2) is 50.0 Å². The van der Waals surface area contributed by atoms with Crippen molar-refractivity contribution in [1.82, 2.24) is 10.2 Å². The highest BCUT2D eigenvalue weighted by atomic mass is 35.5. The molecule has 0 aliphatic rings. The molecule has 1 atom stereocenters. The van der Waals surface area contributed by atoms with Crippen LogP contribution >= 0.6 is 11.6 Å². The molecular formula is C30H36ClN3O4S. The lowest BCUT2D eigenvalue weighted by Crippen LogP contribution is -2.54. The minimum Gasteiger partial charge on any atom is -0.352 e. The van der Waals surface area contributed by atoms with E-state index in [1.54, 1.807) is 25.1 Å². The third-order valence-electron chi connectivity index (χ3n) is 6.24. The molecule has 3 aromatic carbocycles. The maximum Gasteiger partial charge on any atom is 0.244 e. The van der Waals surface area contributed by atoms with Gasteiger partial charge in [0, 0.05) is 24.0 Å². The number of anilines is 1. The molecular weight excluding hydrogens is 534 g/mol. The van der Waals surface area contributed by atoms with Crippen LogP contribution in [-0.2, 0) is 32.6 Å². The zero-order valence-electron chi connectivity index (χ0n) is 23.0. The second-order valence-electron chi connectivity index (χ2n) is 10.1. The number of rotatable bonds is 11. The minimum atomic E-state index is -3.84. The molecule has 0 aromatic heterocycles. The lowest BCUT2D eigenvalue weighted by Gasteiger charge is -2.34. The Bertz CT molecular complexity index is 1410. The molecule has 1 N–H and O–H groups in total. The first-order valence-corrected chi connectivity index (χ1v) is 15.0. The number of amides is 2. The number of nitrogens with zero attached hydrogens (tertiary/aromatic N) is 2. The summed E-state index contributed by atoms with van der Waals surface area (Å²) in [5.41, 5.74) is 3.71. The number of hydrogen-bond acceptors (Lipinski definition) is 4. The zero-order chi connectivity index (χ0) is 28.7. The molecule has 0 saturated heterocycles. The van der Waals surface area contributed by atoms with E-state index in [-0.39, 0.29) is 24.9 Å². The van der Waals surface area contributed by atoms with Crippen LogP contribution in [0, 0.1) is 13.8 Å². The van der Waals surface area contributed by atoms with E-state index in [1.165, 1.54) is 4.90 Å². The summed E-state index contributed by atoms with van der Waals surface area (Å²) in [5, 5.41) is 3.41. The molecule has 2 amide bonds. The minimum absolute atomic E-state index is 0.140. The maximum absolute atomic E-state index is 14.1. The molecule has 9 heteroatoms. The van der Waals surface area contributed by atoms with Crippen molar-refractivity contribution in [2.45, 2.75) is 52.7 Å². The number of halogens is 1. The lowest BCUT2D eigenvalue weighted by atomic mass is 10.0. The van der Waals surface area contributed by atoms with Gasteiger partial charge < -0.3 is 10.2 Å².